The van der Waals surface area contributed by atoms with Crippen LogP contribution in [0.15, 0.2) is 48.8 Å². The van der Waals surface area contributed by atoms with Gasteiger partial charge in [0, 0.05) is 12.1 Å². The molecule has 0 aliphatic carbocycles. The summed E-state index contributed by atoms with van der Waals surface area (Å²) in [5, 5.41) is 6.04. The molecule has 0 unspecified atom stereocenters. The Labute approximate surface area is 201 Å². The Morgan fingerprint density at radius 2 is 2.11 bits per heavy atom. The lowest BCUT2D eigenvalue weighted by atomic mass is 10.1. The molecule has 4 heterocycles. The quantitative estimate of drug-likeness (QED) is 0.471. The number of fused-ring (bicyclic) bond motifs is 1. The normalized spacial score (nSPS) is 16.8. The van der Waals surface area contributed by atoms with Crippen molar-refractivity contribution in [2.24, 2.45) is 0 Å². The summed E-state index contributed by atoms with van der Waals surface area (Å²) >= 11 is 0. The highest BCUT2D eigenvalue weighted by molar-refractivity contribution is 5.95. The van der Waals surface area contributed by atoms with Crippen molar-refractivity contribution in [3.05, 3.63) is 54.4 Å². The number of carbonyl (C=O) groups is 2. The van der Waals surface area contributed by atoms with E-state index in [1.54, 1.807) is 31.6 Å². The summed E-state index contributed by atoms with van der Waals surface area (Å²) in [5.41, 5.74) is 2.79. The van der Waals surface area contributed by atoms with Gasteiger partial charge in [0.2, 0.25) is 5.88 Å². The standard InChI is InChI=1S/C24H24N6O5/c1-33-22-12-26-11-18(27-22)16-4-2-3-15(9-16)10-25-8-7-17-13-30(24(32)35-17)20-6-5-19-23(28-20)29-21(31)14-34-19/h2-6,9,11-12,17,25H,7-8,10,13-14H2,1H3,(H,28,29,31)/t17-/m0/s1. The van der Waals surface area contributed by atoms with Crippen LogP contribution >= 0.6 is 0 Å². The van der Waals surface area contributed by atoms with Crippen LogP contribution < -0.4 is 25.0 Å². The molecule has 11 nitrogen and oxygen atoms in total. The Kier molecular flexibility index (Phi) is 6.40. The first-order chi connectivity index (χ1) is 17.1. The van der Waals surface area contributed by atoms with Crippen molar-refractivity contribution in [1.82, 2.24) is 20.3 Å². The molecular weight excluding hydrogens is 452 g/mol. The zero-order chi connectivity index (χ0) is 24.2. The highest BCUT2D eigenvalue weighted by atomic mass is 16.6. The number of hydrogen-bond donors (Lipinski definition) is 2. The molecule has 2 N–H and O–H groups in total. The first-order valence-corrected chi connectivity index (χ1v) is 11.2. The highest BCUT2D eigenvalue weighted by Gasteiger charge is 2.33. The number of ether oxygens (including phenoxy) is 3. The third-order valence-electron chi connectivity index (χ3n) is 5.63. The molecular formula is C24H24N6O5. The van der Waals surface area contributed by atoms with Crippen LogP contribution in [-0.2, 0) is 16.1 Å². The van der Waals surface area contributed by atoms with Gasteiger partial charge in [-0.05, 0) is 36.7 Å². The fourth-order valence-corrected chi connectivity index (χ4v) is 3.88. The molecule has 0 saturated carbocycles. The van der Waals surface area contributed by atoms with Crippen LogP contribution in [0.2, 0.25) is 0 Å². The smallest absolute Gasteiger partial charge is 0.415 e. The van der Waals surface area contributed by atoms with E-state index in [1.807, 2.05) is 18.2 Å². The molecule has 5 rings (SSSR count). The number of nitrogens with zero attached hydrogens (tertiary/aromatic N) is 4. The van der Waals surface area contributed by atoms with Gasteiger partial charge in [-0.3, -0.25) is 14.7 Å². The monoisotopic (exact) mass is 476 g/mol. The molecule has 3 aromatic rings. The zero-order valence-electron chi connectivity index (χ0n) is 19.1. The highest BCUT2D eigenvalue weighted by Crippen LogP contribution is 2.30. The lowest BCUT2D eigenvalue weighted by molar-refractivity contribution is -0.118. The maximum Gasteiger partial charge on any atom is 0.415 e. The summed E-state index contributed by atoms with van der Waals surface area (Å²) in [7, 11) is 1.56. The Balaban J connectivity index is 1.13. The lowest BCUT2D eigenvalue weighted by Gasteiger charge is -2.19. The average molecular weight is 476 g/mol. The van der Waals surface area contributed by atoms with Crippen LogP contribution in [-0.4, -0.2) is 59.9 Å². The number of nitrogens with one attached hydrogen (secondary N) is 2. The molecule has 2 aromatic heterocycles. The molecule has 180 valence electrons. The second-order valence-corrected chi connectivity index (χ2v) is 8.08. The summed E-state index contributed by atoms with van der Waals surface area (Å²) < 4.78 is 16.0. The second-order valence-electron chi connectivity index (χ2n) is 8.08. The number of pyridine rings is 1. The van der Waals surface area contributed by atoms with E-state index in [0.717, 1.165) is 16.8 Å². The molecule has 2 aliphatic rings. The summed E-state index contributed by atoms with van der Waals surface area (Å²) in [6.07, 6.45) is 3.19. The van der Waals surface area contributed by atoms with Crippen LogP contribution in [0.3, 0.4) is 0 Å². The summed E-state index contributed by atoms with van der Waals surface area (Å²) in [5.74, 6) is 1.38. The molecule has 1 aromatic carbocycles. The van der Waals surface area contributed by atoms with E-state index in [0.29, 0.717) is 49.3 Å². The molecule has 35 heavy (non-hydrogen) atoms. The molecule has 2 amide bonds. The Morgan fingerprint density at radius 3 is 3.00 bits per heavy atom. The number of anilines is 2. The fourth-order valence-electron chi connectivity index (χ4n) is 3.88. The van der Waals surface area contributed by atoms with Gasteiger partial charge in [0.25, 0.3) is 5.91 Å². The number of carbonyl (C=O) groups excluding carboxylic acids is 2. The average Bonchev–Trinajstić information content (AvgIpc) is 3.26. The second kappa shape index (κ2) is 9.94. The third-order valence-corrected chi connectivity index (χ3v) is 5.63. The van der Waals surface area contributed by atoms with E-state index < -0.39 is 6.09 Å². The summed E-state index contributed by atoms with van der Waals surface area (Å²) in [6, 6.07) is 11.4. The number of aromatic nitrogens is 3. The first kappa shape index (κ1) is 22.5. The minimum Gasteiger partial charge on any atom is -0.480 e. The minimum absolute atomic E-state index is 0.0474. The van der Waals surface area contributed by atoms with E-state index in [9.17, 15) is 9.59 Å². The molecule has 0 spiro atoms. The Morgan fingerprint density at radius 1 is 1.20 bits per heavy atom. The third kappa shape index (κ3) is 5.14. The molecule has 1 atom stereocenters. The largest absolute Gasteiger partial charge is 0.480 e. The maximum atomic E-state index is 12.4. The van der Waals surface area contributed by atoms with Gasteiger partial charge >= 0.3 is 6.09 Å². The molecule has 11 heteroatoms. The van der Waals surface area contributed by atoms with Gasteiger partial charge < -0.3 is 24.8 Å². The maximum absolute atomic E-state index is 12.4. The molecule has 1 fully saturated rings. The van der Waals surface area contributed by atoms with Gasteiger partial charge in [-0.2, -0.15) is 0 Å². The van der Waals surface area contributed by atoms with Crippen LogP contribution in [0.4, 0.5) is 16.4 Å². The van der Waals surface area contributed by atoms with Crippen LogP contribution in [0.1, 0.15) is 12.0 Å². The molecule has 2 aliphatic heterocycles. The Bertz CT molecular complexity index is 1250. The van der Waals surface area contributed by atoms with E-state index in [2.05, 4.69) is 31.7 Å². The van der Waals surface area contributed by atoms with E-state index in [1.165, 1.54) is 4.90 Å². The van der Waals surface area contributed by atoms with E-state index in [-0.39, 0.29) is 18.6 Å². The van der Waals surface area contributed by atoms with Gasteiger partial charge in [-0.1, -0.05) is 18.2 Å². The summed E-state index contributed by atoms with van der Waals surface area (Å²) in [6.45, 7) is 1.65. The SMILES string of the molecule is COc1cncc(-c2cccc(CNCC[C@H]3CN(c4ccc5c(n4)NC(=O)CO5)C(=O)O3)c2)n1. The van der Waals surface area contributed by atoms with Crippen molar-refractivity contribution < 1.29 is 23.8 Å². The van der Waals surface area contributed by atoms with E-state index in [4.69, 9.17) is 14.2 Å². The van der Waals surface area contributed by atoms with Gasteiger partial charge in [0.1, 0.15) is 11.9 Å². The fraction of sp³-hybridized carbons (Fsp3) is 0.292. The van der Waals surface area contributed by atoms with E-state index >= 15 is 0 Å². The number of cyclic esters (lactones) is 1. The Hall–Kier alpha value is -4.25. The van der Waals surface area contributed by atoms with Gasteiger partial charge in [-0.25, -0.2) is 14.8 Å². The van der Waals surface area contributed by atoms with Crippen molar-refractivity contribution in [1.29, 1.82) is 0 Å². The van der Waals surface area contributed by atoms with Crippen molar-refractivity contribution in [2.75, 3.05) is 37.0 Å². The first-order valence-electron chi connectivity index (χ1n) is 11.2. The zero-order valence-corrected chi connectivity index (χ0v) is 19.1. The molecule has 1 saturated heterocycles. The van der Waals surface area contributed by atoms with Crippen molar-refractivity contribution >= 4 is 23.6 Å². The summed E-state index contributed by atoms with van der Waals surface area (Å²) in [4.78, 5) is 38.3. The number of amides is 2. The number of methoxy groups -OCH3 is 1. The minimum atomic E-state index is -0.461. The number of rotatable bonds is 8. The van der Waals surface area contributed by atoms with Crippen LogP contribution in [0.5, 0.6) is 11.6 Å². The van der Waals surface area contributed by atoms with Crippen molar-refractivity contribution in [2.45, 2.75) is 19.1 Å². The van der Waals surface area contributed by atoms with Crippen molar-refractivity contribution in [3.8, 4) is 22.9 Å². The predicted octanol–water partition coefficient (Wildman–Crippen LogP) is 2.38. The van der Waals surface area contributed by atoms with Crippen LogP contribution in [0, 0.1) is 0 Å². The molecule has 0 radical (unpaired) electrons. The van der Waals surface area contributed by atoms with Crippen molar-refractivity contribution in [3.63, 3.8) is 0 Å². The van der Waals surface area contributed by atoms with Gasteiger partial charge in [-0.15, -0.1) is 0 Å². The topological polar surface area (TPSA) is 128 Å². The number of benzene rings is 1. The predicted molar refractivity (Wildman–Crippen MR) is 126 cm³/mol. The lowest BCUT2D eigenvalue weighted by Crippen LogP contribution is -2.29. The van der Waals surface area contributed by atoms with Gasteiger partial charge in [0.15, 0.2) is 18.2 Å². The number of hydrogen-bond acceptors (Lipinski definition) is 9. The van der Waals surface area contributed by atoms with Crippen LogP contribution in [0.25, 0.3) is 11.3 Å². The van der Waals surface area contributed by atoms with Gasteiger partial charge in [0.05, 0.1) is 31.7 Å². The molecule has 0 bridgehead atoms.